The number of nitrogens with zero attached hydrogens (tertiary/aromatic N) is 4. The van der Waals surface area contributed by atoms with Crippen molar-refractivity contribution in [2.24, 2.45) is 0 Å². The molecular weight excluding hydrogens is 365 g/mol. The third kappa shape index (κ3) is 3.76. The molecule has 3 heterocycles. The lowest BCUT2D eigenvalue weighted by molar-refractivity contribution is -0.142. The first-order valence-electron chi connectivity index (χ1n) is 9.53. The summed E-state index contributed by atoms with van der Waals surface area (Å²) in [7, 11) is 0. The Morgan fingerprint density at radius 1 is 1.18 bits per heavy atom. The summed E-state index contributed by atoms with van der Waals surface area (Å²) < 4.78 is 41.0. The van der Waals surface area contributed by atoms with E-state index in [9.17, 15) is 13.2 Å². The molecule has 2 atom stereocenters. The molecule has 3 aromatic rings. The van der Waals surface area contributed by atoms with E-state index in [2.05, 4.69) is 34.0 Å². The van der Waals surface area contributed by atoms with Gasteiger partial charge in [-0.05, 0) is 37.4 Å². The molecule has 148 valence electrons. The van der Waals surface area contributed by atoms with Crippen LogP contribution in [0.25, 0.3) is 5.65 Å². The molecule has 0 radical (unpaired) electrons. The summed E-state index contributed by atoms with van der Waals surface area (Å²) in [5.74, 6) is 0.535. The van der Waals surface area contributed by atoms with Gasteiger partial charge in [-0.25, -0.2) is 9.50 Å². The summed E-state index contributed by atoms with van der Waals surface area (Å²) in [6, 6.07) is 13.1. The summed E-state index contributed by atoms with van der Waals surface area (Å²) in [6.07, 6.45) is -3.56. The molecule has 0 aliphatic carbocycles. The Kier molecular flexibility index (Phi) is 4.87. The molecule has 4 rings (SSSR count). The van der Waals surface area contributed by atoms with Gasteiger partial charge in [-0.15, -0.1) is 0 Å². The highest BCUT2D eigenvalue weighted by atomic mass is 19.4. The topological polar surface area (TPSA) is 33.4 Å². The number of hydrogen-bond acceptors (Lipinski definition) is 3. The van der Waals surface area contributed by atoms with E-state index in [1.807, 2.05) is 18.2 Å². The highest BCUT2D eigenvalue weighted by molar-refractivity contribution is 5.43. The van der Waals surface area contributed by atoms with Crippen LogP contribution in [0.5, 0.6) is 0 Å². The minimum atomic E-state index is -4.46. The Morgan fingerprint density at radius 3 is 2.64 bits per heavy atom. The number of fused-ring (bicyclic) bond motifs is 1. The van der Waals surface area contributed by atoms with Gasteiger partial charge in [0.1, 0.15) is 5.69 Å². The molecule has 0 bridgehead atoms. The zero-order valence-electron chi connectivity index (χ0n) is 15.9. The molecule has 0 saturated carbocycles. The molecule has 28 heavy (non-hydrogen) atoms. The van der Waals surface area contributed by atoms with Gasteiger partial charge < -0.3 is 4.90 Å². The quantitative estimate of drug-likeness (QED) is 0.652. The van der Waals surface area contributed by atoms with Crippen molar-refractivity contribution in [2.75, 3.05) is 19.6 Å². The molecule has 0 unspecified atom stereocenters. The number of hydrogen-bond donors (Lipinski definition) is 0. The fourth-order valence-electron chi connectivity index (χ4n) is 4.03. The standard InChI is InChI=1S/C21H23F3N4/c1-14(16-6-4-3-5-7-16)12-27-9-8-17(13-27)18-11-20-25-15(2)10-19(21(22,23)24)28(20)26-18/h3-7,10-11,14,17H,8-9,12-13H2,1-2H3/t14-,17+/m1/s1. The van der Waals surface area contributed by atoms with Gasteiger partial charge in [0.2, 0.25) is 0 Å². The third-order valence-electron chi connectivity index (χ3n) is 5.46. The number of likely N-dealkylation sites (tertiary alicyclic amines) is 1. The van der Waals surface area contributed by atoms with E-state index in [0.29, 0.717) is 17.3 Å². The van der Waals surface area contributed by atoms with Crippen molar-refractivity contribution in [1.82, 2.24) is 19.5 Å². The lowest BCUT2D eigenvalue weighted by atomic mass is 10.0. The lowest BCUT2D eigenvalue weighted by Crippen LogP contribution is -2.25. The van der Waals surface area contributed by atoms with E-state index in [1.165, 1.54) is 5.56 Å². The van der Waals surface area contributed by atoms with Crippen molar-refractivity contribution in [3.05, 3.63) is 65.1 Å². The first-order chi connectivity index (χ1) is 13.3. The SMILES string of the molecule is Cc1cc(C(F)(F)F)n2nc([C@H]3CCN(C[C@@H](C)c4ccccc4)C3)cc2n1. The molecule has 2 aromatic heterocycles. The molecule has 1 aliphatic heterocycles. The molecule has 1 aromatic carbocycles. The maximum absolute atomic E-state index is 13.4. The number of benzene rings is 1. The van der Waals surface area contributed by atoms with E-state index >= 15 is 0 Å². The van der Waals surface area contributed by atoms with Crippen LogP contribution >= 0.6 is 0 Å². The van der Waals surface area contributed by atoms with E-state index in [0.717, 1.165) is 36.6 Å². The van der Waals surface area contributed by atoms with Gasteiger partial charge in [-0.3, -0.25) is 0 Å². The van der Waals surface area contributed by atoms with Crippen LogP contribution in [0.2, 0.25) is 0 Å². The maximum atomic E-state index is 13.4. The van der Waals surface area contributed by atoms with Crippen molar-refractivity contribution in [3.63, 3.8) is 0 Å². The Hall–Kier alpha value is -2.41. The van der Waals surface area contributed by atoms with Crippen LogP contribution < -0.4 is 0 Å². The maximum Gasteiger partial charge on any atom is 0.433 e. The van der Waals surface area contributed by atoms with E-state index in [4.69, 9.17) is 0 Å². The van der Waals surface area contributed by atoms with Crippen LogP contribution in [-0.4, -0.2) is 39.1 Å². The Labute approximate surface area is 162 Å². The molecular formula is C21H23F3N4. The minimum absolute atomic E-state index is 0.131. The summed E-state index contributed by atoms with van der Waals surface area (Å²) in [4.78, 5) is 6.61. The molecule has 0 spiro atoms. The van der Waals surface area contributed by atoms with Crippen molar-refractivity contribution in [1.29, 1.82) is 0 Å². The number of rotatable bonds is 4. The Morgan fingerprint density at radius 2 is 1.93 bits per heavy atom. The van der Waals surface area contributed by atoms with Gasteiger partial charge in [-0.1, -0.05) is 37.3 Å². The van der Waals surface area contributed by atoms with Crippen LogP contribution in [0.1, 0.15) is 47.8 Å². The van der Waals surface area contributed by atoms with Gasteiger partial charge in [0.05, 0.1) is 5.69 Å². The third-order valence-corrected chi connectivity index (χ3v) is 5.46. The van der Waals surface area contributed by atoms with Crippen LogP contribution in [-0.2, 0) is 6.18 Å². The van der Waals surface area contributed by atoms with E-state index in [1.54, 1.807) is 13.0 Å². The fourth-order valence-corrected chi connectivity index (χ4v) is 4.03. The predicted molar refractivity (Wildman–Crippen MR) is 101 cm³/mol. The molecule has 7 heteroatoms. The molecule has 1 fully saturated rings. The van der Waals surface area contributed by atoms with Crippen molar-refractivity contribution in [3.8, 4) is 0 Å². The minimum Gasteiger partial charge on any atom is -0.302 e. The summed E-state index contributed by atoms with van der Waals surface area (Å²) in [5, 5.41) is 4.28. The molecule has 0 amide bonds. The summed E-state index contributed by atoms with van der Waals surface area (Å²) >= 11 is 0. The van der Waals surface area contributed by atoms with Crippen molar-refractivity contribution < 1.29 is 13.2 Å². The molecule has 1 aliphatic rings. The average molecular weight is 388 g/mol. The molecule has 0 N–H and O–H groups in total. The lowest BCUT2D eigenvalue weighted by Gasteiger charge is -2.21. The van der Waals surface area contributed by atoms with Gasteiger partial charge in [0, 0.05) is 30.8 Å². The van der Waals surface area contributed by atoms with Crippen LogP contribution in [0.3, 0.4) is 0 Å². The van der Waals surface area contributed by atoms with Crippen LogP contribution in [0.4, 0.5) is 13.2 Å². The van der Waals surface area contributed by atoms with Gasteiger partial charge >= 0.3 is 6.18 Å². The highest BCUT2D eigenvalue weighted by Crippen LogP contribution is 2.32. The van der Waals surface area contributed by atoms with Crippen molar-refractivity contribution >= 4 is 5.65 Å². The predicted octanol–water partition coefficient (Wildman–Crippen LogP) is 4.65. The zero-order chi connectivity index (χ0) is 19.9. The second kappa shape index (κ2) is 7.20. The van der Waals surface area contributed by atoms with Crippen LogP contribution in [0.15, 0.2) is 42.5 Å². The first kappa shape index (κ1) is 18.9. The Bertz CT molecular complexity index is 965. The van der Waals surface area contributed by atoms with Gasteiger partial charge in [-0.2, -0.15) is 18.3 Å². The largest absolute Gasteiger partial charge is 0.433 e. The van der Waals surface area contributed by atoms with Gasteiger partial charge in [0.15, 0.2) is 5.65 Å². The van der Waals surface area contributed by atoms with Gasteiger partial charge in [0.25, 0.3) is 0 Å². The Balaban J connectivity index is 1.52. The first-order valence-corrected chi connectivity index (χ1v) is 9.53. The monoisotopic (exact) mass is 388 g/mol. The van der Waals surface area contributed by atoms with Crippen LogP contribution in [0, 0.1) is 6.92 Å². The van der Waals surface area contributed by atoms with E-state index in [-0.39, 0.29) is 11.6 Å². The molecule has 1 saturated heterocycles. The van der Waals surface area contributed by atoms with Crippen molar-refractivity contribution in [2.45, 2.75) is 38.3 Å². The van der Waals surface area contributed by atoms with E-state index < -0.39 is 11.9 Å². The number of halogens is 3. The average Bonchev–Trinajstić information content (AvgIpc) is 3.27. The summed E-state index contributed by atoms with van der Waals surface area (Å²) in [6.45, 7) is 6.44. The highest BCUT2D eigenvalue weighted by Gasteiger charge is 2.35. The zero-order valence-corrected chi connectivity index (χ0v) is 15.9. The molecule has 4 nitrogen and oxygen atoms in total. The number of aryl methyl sites for hydroxylation is 1. The number of alkyl halides is 3. The second-order valence-corrected chi connectivity index (χ2v) is 7.68. The fraction of sp³-hybridized carbons (Fsp3) is 0.429. The summed E-state index contributed by atoms with van der Waals surface area (Å²) in [5.41, 5.74) is 1.83. The second-order valence-electron chi connectivity index (χ2n) is 7.68. The number of aromatic nitrogens is 3. The normalized spacial score (nSPS) is 19.4. The smallest absolute Gasteiger partial charge is 0.302 e.